The van der Waals surface area contributed by atoms with Crippen LogP contribution in [-0.2, 0) is 0 Å². The topological polar surface area (TPSA) is 35.2 Å². The molecule has 0 bridgehead atoms. The molecule has 0 unspecified atom stereocenters. The van der Waals surface area contributed by atoms with E-state index in [9.17, 15) is 4.39 Å². The van der Waals surface area contributed by atoms with Crippen molar-refractivity contribution < 1.29 is 9.13 Å². The quantitative estimate of drug-likeness (QED) is 0.655. The Morgan fingerprint density at radius 2 is 1.95 bits per heavy atom. The van der Waals surface area contributed by atoms with Crippen LogP contribution in [0.4, 0.5) is 4.39 Å². The Morgan fingerprint density at radius 3 is 2.63 bits per heavy atom. The summed E-state index contributed by atoms with van der Waals surface area (Å²) in [7, 11) is 0. The molecule has 0 aliphatic heterocycles. The highest BCUT2D eigenvalue weighted by Crippen LogP contribution is 2.25. The summed E-state index contributed by atoms with van der Waals surface area (Å²) in [6.07, 6.45) is 7.00. The Balaban J connectivity index is 2.09. The van der Waals surface area contributed by atoms with Crippen molar-refractivity contribution in [1.82, 2.24) is 0 Å². The highest BCUT2D eigenvalue weighted by molar-refractivity contribution is 5.40. The van der Waals surface area contributed by atoms with Gasteiger partial charge in [0.2, 0.25) is 0 Å². The third kappa shape index (κ3) is 4.25. The molecule has 0 heterocycles. The minimum Gasteiger partial charge on any atom is -0.487 e. The molecule has 1 aliphatic carbocycles. The zero-order valence-corrected chi connectivity index (χ0v) is 11.1. The number of nitrogens with two attached hydrogens (primary N) is 1. The fraction of sp³-hybridized carbons (Fsp3) is 0.500. The Labute approximate surface area is 114 Å². The number of rotatable bonds is 2. The number of ether oxygens (including phenoxy) is 1. The number of hydrogen-bond acceptors (Lipinski definition) is 2. The summed E-state index contributed by atoms with van der Waals surface area (Å²) in [5.74, 6) is 5.66. The highest BCUT2D eigenvalue weighted by Gasteiger charge is 2.15. The molecule has 1 aromatic carbocycles. The van der Waals surface area contributed by atoms with Gasteiger partial charge in [-0.1, -0.05) is 24.7 Å². The summed E-state index contributed by atoms with van der Waals surface area (Å²) in [5, 5.41) is 0. The van der Waals surface area contributed by atoms with Gasteiger partial charge in [0, 0.05) is 5.56 Å². The molecule has 0 amide bonds. The number of benzene rings is 1. The van der Waals surface area contributed by atoms with Crippen molar-refractivity contribution in [2.24, 2.45) is 5.73 Å². The molecule has 2 N–H and O–H groups in total. The predicted molar refractivity (Wildman–Crippen MR) is 74.5 cm³/mol. The fourth-order valence-electron chi connectivity index (χ4n) is 2.36. The van der Waals surface area contributed by atoms with Crippen LogP contribution in [0.15, 0.2) is 18.2 Å². The van der Waals surface area contributed by atoms with Crippen LogP contribution in [0.5, 0.6) is 5.75 Å². The van der Waals surface area contributed by atoms with Gasteiger partial charge in [-0.3, -0.25) is 0 Å². The van der Waals surface area contributed by atoms with E-state index in [4.69, 9.17) is 10.5 Å². The second kappa shape index (κ2) is 7.16. The Morgan fingerprint density at radius 1 is 1.21 bits per heavy atom. The molecule has 0 saturated heterocycles. The molecule has 2 rings (SSSR count). The van der Waals surface area contributed by atoms with Crippen LogP contribution in [0, 0.1) is 17.7 Å². The maximum absolute atomic E-state index is 13.8. The van der Waals surface area contributed by atoms with Crippen LogP contribution in [0.2, 0.25) is 0 Å². The van der Waals surface area contributed by atoms with Crippen molar-refractivity contribution in [2.75, 3.05) is 6.54 Å². The van der Waals surface area contributed by atoms with Gasteiger partial charge in [0.25, 0.3) is 0 Å². The van der Waals surface area contributed by atoms with Crippen LogP contribution in [0.3, 0.4) is 0 Å². The first-order chi connectivity index (χ1) is 9.29. The van der Waals surface area contributed by atoms with E-state index in [1.54, 1.807) is 12.1 Å². The first kappa shape index (κ1) is 13.9. The molecule has 2 nitrogen and oxygen atoms in total. The SMILES string of the molecule is NCC#Cc1ccc(F)c(OC2CCCCCC2)c1. The molecular weight excluding hydrogens is 241 g/mol. The molecule has 0 spiro atoms. The number of halogens is 1. The molecule has 0 atom stereocenters. The van der Waals surface area contributed by atoms with Gasteiger partial charge >= 0.3 is 0 Å². The zero-order chi connectivity index (χ0) is 13.5. The molecule has 102 valence electrons. The second-order valence-corrected chi connectivity index (χ2v) is 4.88. The van der Waals surface area contributed by atoms with Crippen molar-refractivity contribution in [3.05, 3.63) is 29.6 Å². The van der Waals surface area contributed by atoms with Crippen LogP contribution in [-0.4, -0.2) is 12.6 Å². The second-order valence-electron chi connectivity index (χ2n) is 4.88. The smallest absolute Gasteiger partial charge is 0.165 e. The van der Waals surface area contributed by atoms with Crippen molar-refractivity contribution in [2.45, 2.75) is 44.6 Å². The lowest BCUT2D eigenvalue weighted by molar-refractivity contribution is 0.176. The monoisotopic (exact) mass is 261 g/mol. The van der Waals surface area contributed by atoms with E-state index < -0.39 is 0 Å². The van der Waals surface area contributed by atoms with Gasteiger partial charge in [-0.25, -0.2) is 4.39 Å². The third-order valence-electron chi connectivity index (χ3n) is 3.36. The summed E-state index contributed by atoms with van der Waals surface area (Å²) in [5.41, 5.74) is 6.08. The van der Waals surface area contributed by atoms with E-state index in [2.05, 4.69) is 11.8 Å². The molecule has 1 aliphatic rings. The standard InChI is InChI=1S/C16H20FNO/c17-15-10-9-13(6-5-11-18)12-16(15)19-14-7-3-1-2-4-8-14/h9-10,12,14H,1-4,7-8,11,18H2. The average molecular weight is 261 g/mol. The molecule has 3 heteroatoms. The molecule has 0 radical (unpaired) electrons. The zero-order valence-electron chi connectivity index (χ0n) is 11.1. The molecule has 0 aromatic heterocycles. The van der Waals surface area contributed by atoms with E-state index in [1.807, 2.05) is 0 Å². The van der Waals surface area contributed by atoms with E-state index in [1.165, 1.54) is 31.7 Å². The van der Waals surface area contributed by atoms with Crippen LogP contribution >= 0.6 is 0 Å². The van der Waals surface area contributed by atoms with E-state index in [0.29, 0.717) is 12.3 Å². The largest absolute Gasteiger partial charge is 0.487 e. The van der Waals surface area contributed by atoms with Crippen molar-refractivity contribution in [1.29, 1.82) is 0 Å². The molecule has 1 fully saturated rings. The Bertz CT molecular complexity index is 467. The Hall–Kier alpha value is -1.53. The molecule has 1 saturated carbocycles. The summed E-state index contributed by atoms with van der Waals surface area (Å²) < 4.78 is 19.6. The molecular formula is C16H20FNO. The maximum atomic E-state index is 13.8. The summed E-state index contributed by atoms with van der Waals surface area (Å²) in [4.78, 5) is 0. The van der Waals surface area contributed by atoms with Gasteiger partial charge in [0.1, 0.15) is 0 Å². The lowest BCUT2D eigenvalue weighted by Crippen LogP contribution is -2.15. The lowest BCUT2D eigenvalue weighted by atomic mass is 10.1. The molecule has 1 aromatic rings. The molecule has 19 heavy (non-hydrogen) atoms. The first-order valence-corrected chi connectivity index (χ1v) is 6.95. The third-order valence-corrected chi connectivity index (χ3v) is 3.36. The van der Waals surface area contributed by atoms with Gasteiger partial charge < -0.3 is 10.5 Å². The van der Waals surface area contributed by atoms with Crippen LogP contribution in [0.1, 0.15) is 44.1 Å². The fourth-order valence-corrected chi connectivity index (χ4v) is 2.36. The van der Waals surface area contributed by atoms with E-state index in [-0.39, 0.29) is 11.9 Å². The van der Waals surface area contributed by atoms with E-state index in [0.717, 1.165) is 18.4 Å². The average Bonchev–Trinajstić information content (AvgIpc) is 2.68. The minimum absolute atomic E-state index is 0.134. The minimum atomic E-state index is -0.317. The predicted octanol–water partition coefficient (Wildman–Crippen LogP) is 3.24. The van der Waals surface area contributed by atoms with Gasteiger partial charge in [0.05, 0.1) is 12.6 Å². The highest BCUT2D eigenvalue weighted by atomic mass is 19.1. The summed E-state index contributed by atoms with van der Waals surface area (Å²) in [6.45, 7) is 0.302. The normalized spacial score (nSPS) is 16.3. The van der Waals surface area contributed by atoms with Crippen molar-refractivity contribution in [3.63, 3.8) is 0 Å². The number of hydrogen-bond donors (Lipinski definition) is 1. The maximum Gasteiger partial charge on any atom is 0.165 e. The van der Waals surface area contributed by atoms with Crippen LogP contribution in [0.25, 0.3) is 0 Å². The summed E-state index contributed by atoms with van der Waals surface area (Å²) >= 11 is 0. The first-order valence-electron chi connectivity index (χ1n) is 6.95. The van der Waals surface area contributed by atoms with Crippen molar-refractivity contribution in [3.8, 4) is 17.6 Å². The van der Waals surface area contributed by atoms with Gasteiger partial charge in [-0.2, -0.15) is 0 Å². The van der Waals surface area contributed by atoms with Gasteiger partial charge in [-0.05, 0) is 43.9 Å². The summed E-state index contributed by atoms with van der Waals surface area (Å²) in [6, 6.07) is 4.73. The lowest BCUT2D eigenvalue weighted by Gasteiger charge is -2.17. The Kier molecular flexibility index (Phi) is 5.23. The van der Waals surface area contributed by atoms with Crippen LogP contribution < -0.4 is 10.5 Å². The van der Waals surface area contributed by atoms with E-state index >= 15 is 0 Å². The van der Waals surface area contributed by atoms with Crippen molar-refractivity contribution >= 4 is 0 Å². The van der Waals surface area contributed by atoms with Gasteiger partial charge in [0.15, 0.2) is 11.6 Å². The van der Waals surface area contributed by atoms with Gasteiger partial charge in [-0.15, -0.1) is 0 Å².